The Bertz CT molecular complexity index is 2330. The van der Waals surface area contributed by atoms with Crippen LogP contribution >= 0.6 is 0 Å². The molecule has 72 heavy (non-hydrogen) atoms. The molecular formula is C52H72N8O12. The van der Waals surface area contributed by atoms with Crippen molar-refractivity contribution in [3.05, 3.63) is 95.6 Å². The van der Waals surface area contributed by atoms with Crippen LogP contribution in [-0.2, 0) is 57.6 Å². The quantitative estimate of drug-likeness (QED) is 0.112. The number of amides is 8. The van der Waals surface area contributed by atoms with Gasteiger partial charge in [-0.25, -0.2) is 0 Å². The predicted octanol–water partition coefficient (Wildman–Crippen LogP) is 0.528. The third-order valence-electron chi connectivity index (χ3n) is 12.5. The van der Waals surface area contributed by atoms with Crippen LogP contribution in [0.1, 0.15) is 84.9 Å². The summed E-state index contributed by atoms with van der Waals surface area (Å²) in [6, 6.07) is 8.52. The molecule has 0 radical (unpaired) electrons. The number of aliphatic hydroxyl groups is 2. The third-order valence-corrected chi connectivity index (χ3v) is 12.5. The number of phenols is 2. The summed E-state index contributed by atoms with van der Waals surface area (Å²) in [6.45, 7) is 12.8. The fourth-order valence-corrected chi connectivity index (χ4v) is 7.94. The number of carbonyl (C=O) groups is 8. The Morgan fingerprint density at radius 1 is 0.444 bits per heavy atom. The molecule has 20 nitrogen and oxygen atoms in total. The number of aliphatic hydroxyl groups excluding tert-OH is 2. The van der Waals surface area contributed by atoms with Crippen molar-refractivity contribution in [1.29, 1.82) is 0 Å². The molecule has 3 aromatic carbocycles. The van der Waals surface area contributed by atoms with Crippen LogP contribution in [0.15, 0.2) is 78.9 Å². The van der Waals surface area contributed by atoms with Gasteiger partial charge in [-0.1, -0.05) is 103 Å². The Kier molecular flexibility index (Phi) is 21.5. The summed E-state index contributed by atoms with van der Waals surface area (Å²) >= 11 is 0. The molecule has 0 aromatic heterocycles. The zero-order chi connectivity index (χ0) is 53.4. The molecule has 1 heterocycles. The molecule has 1 aliphatic heterocycles. The Hall–Kier alpha value is -7.06. The second-order valence-corrected chi connectivity index (χ2v) is 19.4. The minimum absolute atomic E-state index is 0.0519. The molecule has 3 aromatic rings. The number of hydrogen-bond acceptors (Lipinski definition) is 12. The van der Waals surface area contributed by atoms with Gasteiger partial charge in [0, 0.05) is 19.3 Å². The second kappa shape index (κ2) is 27.0. The van der Waals surface area contributed by atoms with Gasteiger partial charge in [0.1, 0.15) is 59.8 Å². The van der Waals surface area contributed by atoms with Crippen LogP contribution < -0.4 is 42.5 Å². The van der Waals surface area contributed by atoms with E-state index in [1.165, 1.54) is 50.2 Å². The van der Waals surface area contributed by atoms with Crippen molar-refractivity contribution in [2.75, 3.05) is 0 Å². The molecule has 0 saturated carbocycles. The van der Waals surface area contributed by atoms with Gasteiger partial charge in [-0.3, -0.25) is 38.4 Å². The highest BCUT2D eigenvalue weighted by atomic mass is 16.3. The zero-order valence-electron chi connectivity index (χ0n) is 42.1. The summed E-state index contributed by atoms with van der Waals surface area (Å²) < 4.78 is 0. The first-order valence-electron chi connectivity index (χ1n) is 24.4. The van der Waals surface area contributed by atoms with Crippen LogP contribution in [0.2, 0.25) is 0 Å². The first kappa shape index (κ1) is 57.5. The first-order valence-corrected chi connectivity index (χ1v) is 24.4. The van der Waals surface area contributed by atoms with E-state index in [1.54, 1.807) is 84.0 Å². The van der Waals surface area contributed by atoms with Crippen molar-refractivity contribution in [2.45, 2.75) is 148 Å². The summed E-state index contributed by atoms with van der Waals surface area (Å²) in [7, 11) is 0. The summed E-state index contributed by atoms with van der Waals surface area (Å²) in [5.74, 6) is -8.72. The molecule has 12 N–H and O–H groups in total. The summed E-state index contributed by atoms with van der Waals surface area (Å²) in [6.07, 6.45) is -3.21. The van der Waals surface area contributed by atoms with E-state index in [4.69, 9.17) is 0 Å². The first-order chi connectivity index (χ1) is 34.0. The molecule has 1 unspecified atom stereocenters. The van der Waals surface area contributed by atoms with Crippen LogP contribution in [0.4, 0.5) is 0 Å². The maximum Gasteiger partial charge on any atom is 0.245 e. The van der Waals surface area contributed by atoms with Gasteiger partial charge in [0.25, 0.3) is 0 Å². The SMILES string of the molecule is CC[C@H](C)[C@H]1NC(=O)[C@@H](C(O)C(C)C)NC(=O)[C@H](Cc2ccc(O)cc2)NC(=O)[C@H]([C@H](C)O)NC(=O)[C@@H](C)NC(=O)[C@H](CC(C)C)NC(=O)[C@H](Cc2ccc(O)cc2)NC(=O)[C@H](Cc2ccccc2)NC1=O. The van der Waals surface area contributed by atoms with Gasteiger partial charge >= 0.3 is 0 Å². The molecule has 1 saturated heterocycles. The van der Waals surface area contributed by atoms with Crippen molar-refractivity contribution >= 4 is 47.3 Å². The topological polar surface area (TPSA) is 314 Å². The number of hydrogen-bond donors (Lipinski definition) is 12. The van der Waals surface area contributed by atoms with Crippen LogP contribution in [0.3, 0.4) is 0 Å². The predicted molar refractivity (Wildman–Crippen MR) is 266 cm³/mol. The van der Waals surface area contributed by atoms with E-state index in [1.807, 2.05) is 0 Å². The van der Waals surface area contributed by atoms with Crippen molar-refractivity contribution in [3.63, 3.8) is 0 Å². The van der Waals surface area contributed by atoms with Crippen LogP contribution in [0, 0.1) is 17.8 Å². The van der Waals surface area contributed by atoms with Crippen molar-refractivity contribution in [2.24, 2.45) is 17.8 Å². The largest absolute Gasteiger partial charge is 0.508 e. The minimum Gasteiger partial charge on any atom is -0.508 e. The lowest BCUT2D eigenvalue weighted by Gasteiger charge is -2.32. The number of rotatable bonds is 13. The van der Waals surface area contributed by atoms with E-state index in [2.05, 4.69) is 42.5 Å². The van der Waals surface area contributed by atoms with Crippen molar-refractivity contribution < 1.29 is 58.8 Å². The molecule has 8 amide bonds. The normalized spacial score (nSPS) is 25.0. The average molecular weight is 1000 g/mol. The number of benzene rings is 3. The molecule has 20 heteroatoms. The van der Waals surface area contributed by atoms with Gasteiger partial charge in [0.15, 0.2) is 0 Å². The highest BCUT2D eigenvalue weighted by Crippen LogP contribution is 2.17. The molecule has 0 spiro atoms. The highest BCUT2D eigenvalue weighted by molar-refractivity contribution is 5.99. The smallest absolute Gasteiger partial charge is 0.245 e. The maximum absolute atomic E-state index is 14.6. The van der Waals surface area contributed by atoms with Gasteiger partial charge in [0.2, 0.25) is 47.3 Å². The molecule has 0 aliphatic carbocycles. The Morgan fingerprint density at radius 3 is 1.26 bits per heavy atom. The fourth-order valence-electron chi connectivity index (χ4n) is 7.94. The summed E-state index contributed by atoms with van der Waals surface area (Å²) in [4.78, 5) is 114. The van der Waals surface area contributed by atoms with E-state index < -0.39 is 120 Å². The van der Waals surface area contributed by atoms with Gasteiger partial charge in [0.05, 0.1) is 12.2 Å². The lowest BCUT2D eigenvalue weighted by Crippen LogP contribution is -2.64. The van der Waals surface area contributed by atoms with E-state index >= 15 is 0 Å². The lowest BCUT2D eigenvalue weighted by atomic mass is 9.94. The van der Waals surface area contributed by atoms with E-state index in [0.717, 1.165) is 0 Å². The fraction of sp³-hybridized carbons (Fsp3) is 0.500. The molecule has 392 valence electrons. The summed E-state index contributed by atoms with van der Waals surface area (Å²) in [5, 5.41) is 63.3. The minimum atomic E-state index is -1.74. The van der Waals surface area contributed by atoms with E-state index in [9.17, 15) is 58.8 Å². The van der Waals surface area contributed by atoms with Crippen LogP contribution in [0.5, 0.6) is 11.5 Å². The number of aromatic hydroxyl groups is 2. The van der Waals surface area contributed by atoms with Gasteiger partial charge in [-0.2, -0.15) is 0 Å². The monoisotopic (exact) mass is 1000 g/mol. The summed E-state index contributed by atoms with van der Waals surface area (Å²) in [5.41, 5.74) is 1.56. The van der Waals surface area contributed by atoms with Crippen molar-refractivity contribution in [1.82, 2.24) is 42.5 Å². The van der Waals surface area contributed by atoms with Gasteiger partial charge in [-0.05, 0) is 79.0 Å². The Balaban J connectivity index is 1.87. The number of carbonyl (C=O) groups excluding carboxylic acids is 8. The lowest BCUT2D eigenvalue weighted by molar-refractivity contribution is -0.139. The van der Waals surface area contributed by atoms with Crippen LogP contribution in [0.25, 0.3) is 0 Å². The molecular weight excluding hydrogens is 929 g/mol. The van der Waals surface area contributed by atoms with Gasteiger partial charge < -0.3 is 63.0 Å². The molecule has 1 fully saturated rings. The average Bonchev–Trinajstić information content (AvgIpc) is 3.33. The number of nitrogens with one attached hydrogen (secondary N) is 8. The molecule has 0 bridgehead atoms. The van der Waals surface area contributed by atoms with Crippen molar-refractivity contribution in [3.8, 4) is 11.5 Å². The molecule has 1 aliphatic rings. The Labute approximate surface area is 420 Å². The standard InChI is InChI=1S/C52H72N8O12/c1-9-29(6)41-50(70)56-39(24-32-13-11-10-12-14-32)48(68)55-38(25-33-15-19-35(62)20-16-33)47(67)54-37(23-27(2)3)46(66)53-30(7)45(65)59-42(31(8)61)51(71)57-40(26-34-17-21-36(63)22-18-34)49(69)60-43(52(72)58-41)44(64)28(4)5/h10-22,27-31,37-44,61-64H,9,23-26H2,1-8H3,(H,53,66)(H,54,67)(H,55,68)(H,56,70)(H,57,71)(H,58,72)(H,59,65)(H,60,69)/t29-,30+,31-,37-,38-,39-,40-,41+,42-,43+,44?/m0/s1. The van der Waals surface area contributed by atoms with E-state index in [0.29, 0.717) is 23.1 Å². The molecule has 4 rings (SSSR count). The third kappa shape index (κ3) is 17.1. The molecule has 11 atom stereocenters. The zero-order valence-corrected chi connectivity index (χ0v) is 42.1. The second-order valence-electron chi connectivity index (χ2n) is 19.4. The Morgan fingerprint density at radius 2 is 0.819 bits per heavy atom. The number of phenolic OH excluding ortho intramolecular Hbond substituents is 2. The van der Waals surface area contributed by atoms with Gasteiger partial charge in [-0.15, -0.1) is 0 Å². The van der Waals surface area contributed by atoms with E-state index in [-0.39, 0.29) is 43.1 Å². The van der Waals surface area contributed by atoms with Crippen LogP contribution in [-0.4, -0.2) is 128 Å². The highest BCUT2D eigenvalue weighted by Gasteiger charge is 2.39. The maximum atomic E-state index is 14.6.